The van der Waals surface area contributed by atoms with Gasteiger partial charge in [0.05, 0.1) is 31.6 Å². The Balaban J connectivity index is 1.47. The molecule has 2 atom stereocenters. The second kappa shape index (κ2) is 9.09. The smallest absolute Gasteiger partial charge is 0.335 e. The second-order valence-corrected chi connectivity index (χ2v) is 9.70. The number of para-hydroxylation sites is 3. The summed E-state index contributed by atoms with van der Waals surface area (Å²) in [6.45, 7) is 1.68. The van der Waals surface area contributed by atoms with Crippen molar-refractivity contribution in [1.29, 1.82) is 0 Å². The Kier molecular flexibility index (Phi) is 5.71. The lowest BCUT2D eigenvalue weighted by Crippen LogP contribution is -2.75. The molecule has 9 heteroatoms. The van der Waals surface area contributed by atoms with Crippen LogP contribution in [0.1, 0.15) is 5.56 Å². The number of amides is 4. The number of nitrogens with zero attached hydrogens (tertiary/aromatic N) is 3. The third-order valence-corrected chi connectivity index (χ3v) is 7.89. The molecule has 4 amide bonds. The fourth-order valence-electron chi connectivity index (χ4n) is 6.03. The number of anilines is 3. The van der Waals surface area contributed by atoms with Crippen LogP contribution in [0.5, 0.6) is 11.5 Å². The van der Waals surface area contributed by atoms with Gasteiger partial charge in [0.15, 0.2) is 5.41 Å². The van der Waals surface area contributed by atoms with E-state index in [4.69, 9.17) is 9.47 Å². The monoisotopic (exact) mass is 512 g/mol. The first-order valence-electron chi connectivity index (χ1n) is 12.5. The summed E-state index contributed by atoms with van der Waals surface area (Å²) in [6, 6.07) is 21.0. The Hall–Kier alpha value is -4.53. The van der Waals surface area contributed by atoms with Crippen molar-refractivity contribution in [1.82, 2.24) is 5.32 Å². The molecule has 2 saturated heterocycles. The van der Waals surface area contributed by atoms with E-state index >= 15 is 0 Å². The Morgan fingerprint density at radius 2 is 1.55 bits per heavy atom. The fraction of sp³-hybridized carbons (Fsp3) is 0.276. The number of urea groups is 1. The predicted molar refractivity (Wildman–Crippen MR) is 143 cm³/mol. The van der Waals surface area contributed by atoms with Crippen molar-refractivity contribution in [3.8, 4) is 11.5 Å². The Labute approximate surface area is 220 Å². The lowest BCUT2D eigenvalue weighted by atomic mass is 9.67. The van der Waals surface area contributed by atoms with Crippen LogP contribution in [0.3, 0.4) is 0 Å². The molecule has 0 aliphatic carbocycles. The molecule has 6 rings (SSSR count). The topological polar surface area (TPSA) is 91.4 Å². The van der Waals surface area contributed by atoms with Gasteiger partial charge in [-0.05, 0) is 54.4 Å². The van der Waals surface area contributed by atoms with Crippen LogP contribution >= 0.6 is 0 Å². The van der Waals surface area contributed by atoms with E-state index in [0.717, 1.165) is 27.6 Å². The van der Waals surface area contributed by atoms with Gasteiger partial charge in [-0.2, -0.15) is 0 Å². The van der Waals surface area contributed by atoms with Gasteiger partial charge in [-0.15, -0.1) is 0 Å². The number of piperazine rings is 1. The van der Waals surface area contributed by atoms with Crippen molar-refractivity contribution in [2.75, 3.05) is 48.6 Å². The first-order valence-corrected chi connectivity index (χ1v) is 12.5. The summed E-state index contributed by atoms with van der Waals surface area (Å²) < 4.78 is 10.9. The molecular weight excluding hydrogens is 484 g/mol. The van der Waals surface area contributed by atoms with Gasteiger partial charge in [0.1, 0.15) is 11.5 Å². The van der Waals surface area contributed by atoms with E-state index in [2.05, 4.69) is 15.1 Å². The minimum atomic E-state index is -1.51. The maximum atomic E-state index is 14.5. The van der Waals surface area contributed by atoms with Crippen LogP contribution in [-0.4, -0.2) is 57.7 Å². The molecule has 0 unspecified atom stereocenters. The summed E-state index contributed by atoms with van der Waals surface area (Å²) in [7, 11) is 3.18. The highest BCUT2D eigenvalue weighted by atomic mass is 16.5. The van der Waals surface area contributed by atoms with E-state index in [1.54, 1.807) is 38.5 Å². The maximum absolute atomic E-state index is 14.5. The summed E-state index contributed by atoms with van der Waals surface area (Å²) in [5.74, 6) is 0.231. The average Bonchev–Trinajstić information content (AvgIpc) is 2.96. The molecule has 194 valence electrons. The molecule has 1 N–H and O–H groups in total. The van der Waals surface area contributed by atoms with Crippen molar-refractivity contribution >= 4 is 34.9 Å². The molecule has 3 aromatic carbocycles. The Morgan fingerprint density at radius 1 is 0.842 bits per heavy atom. The molecule has 9 nitrogen and oxygen atoms in total. The van der Waals surface area contributed by atoms with E-state index in [0.29, 0.717) is 31.1 Å². The molecule has 0 bridgehead atoms. The molecule has 3 aliphatic heterocycles. The van der Waals surface area contributed by atoms with Gasteiger partial charge in [-0.1, -0.05) is 30.3 Å². The average molecular weight is 513 g/mol. The van der Waals surface area contributed by atoms with Crippen LogP contribution in [0.4, 0.5) is 21.9 Å². The molecule has 3 heterocycles. The van der Waals surface area contributed by atoms with E-state index in [1.165, 1.54) is 0 Å². The lowest BCUT2D eigenvalue weighted by molar-refractivity contribution is -0.144. The number of carbonyl (C=O) groups is 3. The van der Waals surface area contributed by atoms with Crippen LogP contribution in [0.25, 0.3) is 0 Å². The summed E-state index contributed by atoms with van der Waals surface area (Å²) in [5.41, 5.74) is 1.68. The Bertz CT molecular complexity index is 1420. The zero-order valence-electron chi connectivity index (χ0n) is 21.2. The van der Waals surface area contributed by atoms with Crippen LogP contribution in [0.2, 0.25) is 0 Å². The molecule has 0 radical (unpaired) electrons. The highest BCUT2D eigenvalue weighted by Crippen LogP contribution is 2.47. The molecule has 2 fully saturated rings. The van der Waals surface area contributed by atoms with Crippen LogP contribution in [0, 0.1) is 5.41 Å². The predicted octanol–water partition coefficient (Wildman–Crippen LogP) is 3.22. The molecule has 38 heavy (non-hydrogen) atoms. The number of carbonyl (C=O) groups excluding carboxylic acids is 3. The standard InChI is InChI=1S/C29H28N4O5/c1-37-21-13-11-20(12-14-21)33-27(35)29(26(34)30-28(33)36)17-19-7-3-4-8-22(19)32-16-15-31(18-25(29)32)23-9-5-6-10-24(23)38-2/h3-14,25H,15-18H2,1-2H3,(H,30,34,36)/t25-,29+/m0/s1. The Morgan fingerprint density at radius 3 is 2.29 bits per heavy atom. The van der Waals surface area contributed by atoms with Gasteiger partial charge >= 0.3 is 6.03 Å². The minimum absolute atomic E-state index is 0.189. The van der Waals surface area contributed by atoms with Gasteiger partial charge in [0.2, 0.25) is 5.91 Å². The number of hydrogen-bond donors (Lipinski definition) is 1. The zero-order valence-corrected chi connectivity index (χ0v) is 21.2. The largest absolute Gasteiger partial charge is 0.497 e. The molecule has 0 aromatic heterocycles. The number of benzene rings is 3. The molecular formula is C29H28N4O5. The van der Waals surface area contributed by atoms with Crippen molar-refractivity contribution in [3.63, 3.8) is 0 Å². The van der Waals surface area contributed by atoms with Crippen molar-refractivity contribution in [2.45, 2.75) is 12.5 Å². The summed E-state index contributed by atoms with van der Waals surface area (Å²) >= 11 is 0. The van der Waals surface area contributed by atoms with E-state index in [9.17, 15) is 14.4 Å². The minimum Gasteiger partial charge on any atom is -0.497 e. The van der Waals surface area contributed by atoms with E-state index in [1.807, 2.05) is 48.5 Å². The third kappa shape index (κ3) is 3.49. The van der Waals surface area contributed by atoms with Gasteiger partial charge in [0.25, 0.3) is 5.91 Å². The molecule has 1 spiro atoms. The van der Waals surface area contributed by atoms with Crippen LogP contribution < -0.4 is 29.5 Å². The van der Waals surface area contributed by atoms with Crippen molar-refractivity contribution < 1.29 is 23.9 Å². The second-order valence-electron chi connectivity index (χ2n) is 9.70. The van der Waals surface area contributed by atoms with Crippen LogP contribution in [0.15, 0.2) is 72.8 Å². The number of hydrogen-bond acceptors (Lipinski definition) is 7. The number of ether oxygens (including phenoxy) is 2. The van der Waals surface area contributed by atoms with Crippen molar-refractivity contribution in [2.24, 2.45) is 5.41 Å². The SMILES string of the molecule is COc1ccc(N2C(=O)NC(=O)[C@]3(Cc4ccccc4N4CCN(c5ccccc5OC)C[C@H]43)C2=O)cc1. The quantitative estimate of drug-likeness (QED) is 0.537. The number of imide groups is 2. The number of methoxy groups -OCH3 is 2. The highest BCUT2D eigenvalue weighted by molar-refractivity contribution is 6.30. The normalized spacial score (nSPS) is 22.6. The zero-order chi connectivity index (χ0) is 26.4. The molecule has 3 aliphatic rings. The van der Waals surface area contributed by atoms with Crippen molar-refractivity contribution in [3.05, 3.63) is 78.4 Å². The first-order chi connectivity index (χ1) is 18.5. The molecule has 3 aromatic rings. The number of fused-ring (bicyclic) bond motifs is 4. The lowest BCUT2D eigenvalue weighted by Gasteiger charge is -2.55. The van der Waals surface area contributed by atoms with Gasteiger partial charge in [0, 0.05) is 25.3 Å². The highest BCUT2D eigenvalue weighted by Gasteiger charge is 2.63. The first kappa shape index (κ1) is 23.8. The summed E-state index contributed by atoms with van der Waals surface area (Å²) in [5, 5.41) is 2.51. The van der Waals surface area contributed by atoms with Crippen LogP contribution in [-0.2, 0) is 16.0 Å². The van der Waals surface area contributed by atoms with Gasteiger partial charge in [-0.3, -0.25) is 14.9 Å². The fourth-order valence-corrected chi connectivity index (χ4v) is 6.03. The number of nitrogens with one attached hydrogen (secondary N) is 1. The number of barbiturate groups is 1. The van der Waals surface area contributed by atoms with Gasteiger partial charge in [-0.25, -0.2) is 9.69 Å². The summed E-state index contributed by atoms with van der Waals surface area (Å²) in [4.78, 5) is 46.8. The van der Waals surface area contributed by atoms with E-state index in [-0.39, 0.29) is 6.42 Å². The summed E-state index contributed by atoms with van der Waals surface area (Å²) in [6.07, 6.45) is 0.189. The van der Waals surface area contributed by atoms with E-state index < -0.39 is 29.3 Å². The van der Waals surface area contributed by atoms with Gasteiger partial charge < -0.3 is 19.3 Å². The third-order valence-electron chi connectivity index (χ3n) is 7.89. The number of rotatable bonds is 4. The molecule has 0 saturated carbocycles. The maximum Gasteiger partial charge on any atom is 0.335 e.